The zero-order valence-corrected chi connectivity index (χ0v) is 12.6. The first-order valence-electron chi connectivity index (χ1n) is 7.43. The maximum absolute atomic E-state index is 12.3. The van der Waals surface area contributed by atoms with Gasteiger partial charge in [-0.15, -0.1) is 0 Å². The average Bonchev–Trinajstić information content (AvgIpc) is 2.93. The van der Waals surface area contributed by atoms with Crippen molar-refractivity contribution in [2.45, 2.75) is 32.7 Å². The molecule has 7 heteroatoms. The normalized spacial score (nSPS) is 18.7. The molecule has 1 aliphatic rings. The number of nitrogen functional groups attached to an aromatic ring is 1. The summed E-state index contributed by atoms with van der Waals surface area (Å²) in [6, 6.07) is 0.407. The van der Waals surface area contributed by atoms with Crippen molar-refractivity contribution in [3.63, 3.8) is 0 Å². The van der Waals surface area contributed by atoms with Gasteiger partial charge in [0.15, 0.2) is 0 Å². The minimum atomic E-state index is -0.221. The summed E-state index contributed by atoms with van der Waals surface area (Å²) in [7, 11) is 0. The van der Waals surface area contributed by atoms with Gasteiger partial charge >= 0.3 is 0 Å². The number of rotatable bonds is 6. The maximum Gasteiger partial charge on any atom is 0.258 e. The summed E-state index contributed by atoms with van der Waals surface area (Å²) in [5, 5.41) is 2.94. The molecule has 0 unspecified atom stereocenters. The highest BCUT2D eigenvalue weighted by atomic mass is 16.5. The Labute approximate surface area is 124 Å². The molecule has 7 nitrogen and oxygen atoms in total. The molecule has 0 saturated carbocycles. The number of nitrogens with zero attached hydrogens (tertiary/aromatic N) is 3. The van der Waals surface area contributed by atoms with Gasteiger partial charge in [-0.2, -0.15) is 4.98 Å². The van der Waals surface area contributed by atoms with Crippen LogP contribution < -0.4 is 15.8 Å². The third-order valence-corrected chi connectivity index (χ3v) is 3.70. The van der Waals surface area contributed by atoms with Crippen LogP contribution in [0, 0.1) is 0 Å². The summed E-state index contributed by atoms with van der Waals surface area (Å²) < 4.78 is 5.35. The lowest BCUT2D eigenvalue weighted by molar-refractivity contribution is 0.0936. The first-order chi connectivity index (χ1) is 10.2. The highest BCUT2D eigenvalue weighted by Gasteiger charge is 2.24. The second kappa shape index (κ2) is 7.21. The van der Waals surface area contributed by atoms with Gasteiger partial charge < -0.3 is 15.8 Å². The molecule has 1 atom stereocenters. The van der Waals surface area contributed by atoms with Crippen LogP contribution >= 0.6 is 0 Å². The first kappa shape index (κ1) is 15.5. The van der Waals surface area contributed by atoms with Gasteiger partial charge in [-0.05, 0) is 32.9 Å². The number of anilines is 1. The number of nitrogens with two attached hydrogens (primary N) is 1. The molecule has 1 saturated heterocycles. The number of carbonyl (C=O) groups is 1. The number of carbonyl (C=O) groups excluding carboxylic acids is 1. The molecule has 3 N–H and O–H groups in total. The Kier molecular flexibility index (Phi) is 5.32. The van der Waals surface area contributed by atoms with Gasteiger partial charge in [-0.25, -0.2) is 4.98 Å². The van der Waals surface area contributed by atoms with Crippen LogP contribution in [0.1, 0.15) is 37.0 Å². The fourth-order valence-corrected chi connectivity index (χ4v) is 2.63. The Morgan fingerprint density at radius 3 is 3.10 bits per heavy atom. The zero-order valence-electron chi connectivity index (χ0n) is 12.6. The van der Waals surface area contributed by atoms with Crippen LogP contribution in [0.25, 0.3) is 0 Å². The van der Waals surface area contributed by atoms with Gasteiger partial charge in [0.05, 0.1) is 6.61 Å². The molecule has 116 valence electrons. The molecule has 0 aromatic carbocycles. The first-order valence-corrected chi connectivity index (χ1v) is 7.43. The van der Waals surface area contributed by atoms with Gasteiger partial charge in [-0.1, -0.05) is 6.92 Å². The molecular weight excluding hydrogens is 270 g/mol. The van der Waals surface area contributed by atoms with Crippen LogP contribution in [0.15, 0.2) is 6.20 Å². The standard InChI is InChI=1S/C14H23N5O2/c1-3-19-7-5-6-10(19)8-16-12(20)11-9-17-14(15)18-13(11)21-4-2/h9-10H,3-8H2,1-2H3,(H,16,20)(H2,15,17,18)/t10-/m1/s1. The Morgan fingerprint density at radius 1 is 1.57 bits per heavy atom. The van der Waals surface area contributed by atoms with E-state index < -0.39 is 0 Å². The van der Waals surface area contributed by atoms with E-state index in [0.717, 1.165) is 19.5 Å². The molecule has 1 aliphatic heterocycles. The van der Waals surface area contributed by atoms with Gasteiger partial charge in [0.2, 0.25) is 11.8 Å². The Balaban J connectivity index is 2.00. The molecule has 0 aliphatic carbocycles. The molecule has 1 aromatic heterocycles. The van der Waals surface area contributed by atoms with E-state index in [1.54, 1.807) is 0 Å². The smallest absolute Gasteiger partial charge is 0.258 e. The topological polar surface area (TPSA) is 93.4 Å². The Bertz CT molecular complexity index is 494. The Hall–Kier alpha value is -1.89. The molecule has 1 amide bonds. The lowest BCUT2D eigenvalue weighted by Crippen LogP contribution is -2.40. The van der Waals surface area contributed by atoms with E-state index in [2.05, 4.69) is 27.1 Å². The van der Waals surface area contributed by atoms with Crippen LogP contribution in [0.3, 0.4) is 0 Å². The summed E-state index contributed by atoms with van der Waals surface area (Å²) in [5.41, 5.74) is 5.85. The molecule has 2 heterocycles. The minimum absolute atomic E-state index is 0.1000. The number of ether oxygens (including phenoxy) is 1. The highest BCUT2D eigenvalue weighted by molar-refractivity contribution is 5.96. The molecule has 2 rings (SSSR count). The third kappa shape index (κ3) is 3.81. The van der Waals surface area contributed by atoms with Crippen LogP contribution in [0.5, 0.6) is 5.88 Å². The minimum Gasteiger partial charge on any atom is -0.477 e. The predicted octanol–water partition coefficient (Wildman–Crippen LogP) is 0.672. The van der Waals surface area contributed by atoms with E-state index in [-0.39, 0.29) is 17.7 Å². The second-order valence-electron chi connectivity index (χ2n) is 5.01. The van der Waals surface area contributed by atoms with Crippen molar-refractivity contribution >= 4 is 11.9 Å². The van der Waals surface area contributed by atoms with E-state index in [1.807, 2.05) is 6.92 Å². The van der Waals surface area contributed by atoms with Gasteiger partial charge in [0.25, 0.3) is 5.91 Å². The fraction of sp³-hybridized carbons (Fsp3) is 0.643. The van der Waals surface area contributed by atoms with E-state index in [4.69, 9.17) is 10.5 Å². The molecular formula is C14H23N5O2. The van der Waals surface area contributed by atoms with Crippen molar-refractivity contribution in [2.75, 3.05) is 32.0 Å². The quantitative estimate of drug-likeness (QED) is 0.801. The zero-order chi connectivity index (χ0) is 15.2. The van der Waals surface area contributed by atoms with Crippen LogP contribution in [-0.4, -0.2) is 53.1 Å². The van der Waals surface area contributed by atoms with Gasteiger partial charge in [0, 0.05) is 18.8 Å². The number of nitrogens with one attached hydrogen (secondary N) is 1. The van der Waals surface area contributed by atoms with Gasteiger partial charge in [-0.3, -0.25) is 9.69 Å². The van der Waals surface area contributed by atoms with E-state index in [1.165, 1.54) is 12.6 Å². The summed E-state index contributed by atoms with van der Waals surface area (Å²) in [5.74, 6) is 0.116. The second-order valence-corrected chi connectivity index (χ2v) is 5.01. The van der Waals surface area contributed by atoms with Crippen molar-refractivity contribution in [3.05, 3.63) is 11.8 Å². The number of amides is 1. The van der Waals surface area contributed by atoms with Crippen molar-refractivity contribution in [1.82, 2.24) is 20.2 Å². The average molecular weight is 293 g/mol. The lowest BCUT2D eigenvalue weighted by atomic mass is 10.2. The van der Waals surface area contributed by atoms with Crippen LogP contribution in [0.2, 0.25) is 0 Å². The number of likely N-dealkylation sites (N-methyl/N-ethyl adjacent to an activating group) is 1. The molecule has 21 heavy (non-hydrogen) atoms. The van der Waals surface area contributed by atoms with Crippen molar-refractivity contribution in [3.8, 4) is 5.88 Å². The number of hydrogen-bond donors (Lipinski definition) is 2. The van der Waals surface area contributed by atoms with Gasteiger partial charge in [0.1, 0.15) is 5.56 Å². The van der Waals surface area contributed by atoms with E-state index in [0.29, 0.717) is 24.8 Å². The third-order valence-electron chi connectivity index (χ3n) is 3.70. The molecule has 1 aromatic rings. The fourth-order valence-electron chi connectivity index (χ4n) is 2.63. The largest absolute Gasteiger partial charge is 0.477 e. The van der Waals surface area contributed by atoms with Crippen molar-refractivity contribution in [1.29, 1.82) is 0 Å². The number of hydrogen-bond acceptors (Lipinski definition) is 6. The SMILES string of the molecule is CCOc1nc(N)ncc1C(=O)NC[C@H]1CCCN1CC. The lowest BCUT2D eigenvalue weighted by Gasteiger charge is -2.23. The number of likely N-dealkylation sites (tertiary alicyclic amines) is 1. The Morgan fingerprint density at radius 2 is 2.38 bits per heavy atom. The molecule has 0 spiro atoms. The van der Waals surface area contributed by atoms with Crippen molar-refractivity contribution < 1.29 is 9.53 Å². The summed E-state index contributed by atoms with van der Waals surface area (Å²) >= 11 is 0. The monoisotopic (exact) mass is 293 g/mol. The van der Waals surface area contributed by atoms with Crippen molar-refractivity contribution in [2.24, 2.45) is 0 Å². The summed E-state index contributed by atoms with van der Waals surface area (Å²) in [4.78, 5) is 22.5. The predicted molar refractivity (Wildman–Crippen MR) is 80.2 cm³/mol. The molecule has 0 bridgehead atoms. The molecule has 1 fully saturated rings. The summed E-state index contributed by atoms with van der Waals surface area (Å²) in [6.45, 7) is 7.13. The maximum atomic E-state index is 12.3. The van der Waals surface area contributed by atoms with Crippen LogP contribution in [-0.2, 0) is 0 Å². The number of aromatic nitrogens is 2. The highest BCUT2D eigenvalue weighted by Crippen LogP contribution is 2.17. The van der Waals surface area contributed by atoms with E-state index in [9.17, 15) is 4.79 Å². The summed E-state index contributed by atoms with van der Waals surface area (Å²) in [6.07, 6.45) is 3.71. The van der Waals surface area contributed by atoms with E-state index >= 15 is 0 Å². The van der Waals surface area contributed by atoms with Crippen LogP contribution in [0.4, 0.5) is 5.95 Å². The molecule has 0 radical (unpaired) electrons.